The first-order valence-corrected chi connectivity index (χ1v) is 6.84. The molecule has 0 atom stereocenters. The summed E-state index contributed by atoms with van der Waals surface area (Å²) in [5.41, 5.74) is 3.24. The highest BCUT2D eigenvalue weighted by atomic mass is 79.9. The van der Waals surface area contributed by atoms with E-state index in [1.807, 2.05) is 36.9 Å². The molecule has 0 amide bonds. The average Bonchev–Trinajstić information content (AvgIpc) is 2.51. The van der Waals surface area contributed by atoms with Crippen molar-refractivity contribution in [1.29, 1.82) is 0 Å². The molecular formula is C12H13Br2N3. The second-order valence-electron chi connectivity index (χ2n) is 3.83. The number of halogens is 2. The highest BCUT2D eigenvalue weighted by Crippen LogP contribution is 2.22. The van der Waals surface area contributed by atoms with E-state index in [-0.39, 0.29) is 0 Å². The molecule has 0 fully saturated rings. The highest BCUT2D eigenvalue weighted by Gasteiger charge is 2.09. The molecule has 17 heavy (non-hydrogen) atoms. The molecule has 1 aromatic carbocycles. The van der Waals surface area contributed by atoms with Crippen molar-refractivity contribution >= 4 is 37.5 Å². The van der Waals surface area contributed by atoms with Gasteiger partial charge in [0.2, 0.25) is 0 Å². The second kappa shape index (κ2) is 5.23. The fourth-order valence-electron chi connectivity index (χ4n) is 1.66. The minimum absolute atomic E-state index is 0.744. The van der Waals surface area contributed by atoms with Crippen molar-refractivity contribution in [2.45, 2.75) is 13.5 Å². The lowest BCUT2D eigenvalue weighted by atomic mass is 10.3. The van der Waals surface area contributed by atoms with Crippen molar-refractivity contribution < 1.29 is 0 Å². The van der Waals surface area contributed by atoms with E-state index in [1.54, 1.807) is 0 Å². The van der Waals surface area contributed by atoms with Crippen molar-refractivity contribution in [3.63, 3.8) is 0 Å². The van der Waals surface area contributed by atoms with Crippen LogP contribution in [0.25, 0.3) is 0 Å². The van der Waals surface area contributed by atoms with Crippen LogP contribution in [0.15, 0.2) is 33.2 Å². The Balaban J connectivity index is 2.12. The van der Waals surface area contributed by atoms with Crippen molar-refractivity contribution in [1.82, 2.24) is 9.78 Å². The Bertz CT molecular complexity index is 535. The molecule has 0 aliphatic rings. The largest absolute Gasteiger partial charge is 0.379 e. The Kier molecular flexibility index (Phi) is 3.89. The van der Waals surface area contributed by atoms with Gasteiger partial charge in [0.1, 0.15) is 0 Å². The monoisotopic (exact) mass is 357 g/mol. The summed E-state index contributed by atoms with van der Waals surface area (Å²) in [5, 5.41) is 7.74. The average molecular weight is 359 g/mol. The van der Waals surface area contributed by atoms with Gasteiger partial charge in [-0.15, -0.1) is 0 Å². The Hall–Kier alpha value is -0.810. The molecule has 5 heteroatoms. The lowest BCUT2D eigenvalue weighted by Gasteiger charge is -2.07. The van der Waals surface area contributed by atoms with Gasteiger partial charge in [-0.3, -0.25) is 4.68 Å². The Labute approximate surface area is 117 Å². The number of benzene rings is 1. The summed E-state index contributed by atoms with van der Waals surface area (Å²) in [6, 6.07) is 8.12. The maximum absolute atomic E-state index is 4.36. The molecule has 0 unspecified atom stereocenters. The molecule has 1 N–H and O–H groups in total. The van der Waals surface area contributed by atoms with Crippen LogP contribution in [0.5, 0.6) is 0 Å². The van der Waals surface area contributed by atoms with Crippen molar-refractivity contribution in [2.24, 2.45) is 7.05 Å². The van der Waals surface area contributed by atoms with Gasteiger partial charge in [-0.25, -0.2) is 0 Å². The van der Waals surface area contributed by atoms with E-state index in [1.165, 1.54) is 0 Å². The summed E-state index contributed by atoms with van der Waals surface area (Å²) in [6.45, 7) is 2.74. The van der Waals surface area contributed by atoms with Crippen molar-refractivity contribution in [2.75, 3.05) is 5.32 Å². The first-order chi connectivity index (χ1) is 8.08. The molecule has 90 valence electrons. The minimum atomic E-state index is 0.744. The lowest BCUT2D eigenvalue weighted by molar-refractivity contribution is 0.712. The van der Waals surface area contributed by atoms with Gasteiger partial charge in [0.25, 0.3) is 0 Å². The molecule has 0 spiro atoms. The number of nitrogens with one attached hydrogen (secondary N) is 1. The third-order valence-electron chi connectivity index (χ3n) is 2.55. The van der Waals surface area contributed by atoms with Crippen LogP contribution in [0.1, 0.15) is 11.4 Å². The summed E-state index contributed by atoms with van der Waals surface area (Å²) >= 11 is 7.01. The Morgan fingerprint density at radius 3 is 2.71 bits per heavy atom. The predicted octanol–water partition coefficient (Wildman–Crippen LogP) is 3.87. The fourth-order valence-corrected chi connectivity index (χ4v) is 2.53. The van der Waals surface area contributed by atoms with Gasteiger partial charge in [0, 0.05) is 17.2 Å². The summed E-state index contributed by atoms with van der Waals surface area (Å²) in [6.07, 6.45) is 0. The van der Waals surface area contributed by atoms with Crippen LogP contribution in [0.2, 0.25) is 0 Å². The fraction of sp³-hybridized carbons (Fsp3) is 0.250. The second-order valence-corrected chi connectivity index (χ2v) is 5.54. The molecule has 0 bridgehead atoms. The number of hydrogen-bond acceptors (Lipinski definition) is 2. The minimum Gasteiger partial charge on any atom is -0.379 e. The van der Waals surface area contributed by atoms with Gasteiger partial charge in [0.15, 0.2) is 0 Å². The summed E-state index contributed by atoms with van der Waals surface area (Å²) in [4.78, 5) is 0. The maximum Gasteiger partial charge on any atom is 0.0739 e. The van der Waals surface area contributed by atoms with E-state index < -0.39 is 0 Å². The summed E-state index contributed by atoms with van der Waals surface area (Å²) in [5.74, 6) is 0. The Morgan fingerprint density at radius 2 is 2.12 bits per heavy atom. The first kappa shape index (κ1) is 12.6. The van der Waals surface area contributed by atoms with E-state index in [0.717, 1.165) is 32.6 Å². The van der Waals surface area contributed by atoms with Gasteiger partial charge >= 0.3 is 0 Å². The van der Waals surface area contributed by atoms with Gasteiger partial charge in [-0.05, 0) is 41.1 Å². The molecule has 1 aromatic heterocycles. The number of hydrogen-bond donors (Lipinski definition) is 1. The van der Waals surface area contributed by atoms with Gasteiger partial charge in [-0.1, -0.05) is 22.0 Å². The molecular weight excluding hydrogens is 346 g/mol. The number of anilines is 1. The number of aryl methyl sites for hydroxylation is 2. The zero-order valence-electron chi connectivity index (χ0n) is 9.67. The normalized spacial score (nSPS) is 10.6. The molecule has 0 saturated heterocycles. The molecule has 3 nitrogen and oxygen atoms in total. The van der Waals surface area contributed by atoms with E-state index in [9.17, 15) is 0 Å². The van der Waals surface area contributed by atoms with Crippen molar-refractivity contribution in [3.05, 3.63) is 44.6 Å². The quantitative estimate of drug-likeness (QED) is 0.902. The van der Waals surface area contributed by atoms with Crippen LogP contribution in [0.4, 0.5) is 5.69 Å². The molecule has 0 aliphatic heterocycles. The summed E-state index contributed by atoms with van der Waals surface area (Å²) < 4.78 is 4.04. The number of aromatic nitrogens is 2. The SMILES string of the molecule is Cc1nn(C)c(CNc2cccc(Br)c2)c1Br. The van der Waals surface area contributed by atoms with Gasteiger partial charge < -0.3 is 5.32 Å². The van der Waals surface area contributed by atoms with Crippen LogP contribution in [-0.4, -0.2) is 9.78 Å². The molecule has 1 heterocycles. The zero-order valence-corrected chi connectivity index (χ0v) is 12.8. The summed E-state index contributed by atoms with van der Waals surface area (Å²) in [7, 11) is 1.95. The zero-order chi connectivity index (χ0) is 12.4. The third kappa shape index (κ3) is 2.90. The van der Waals surface area contributed by atoms with Crippen LogP contribution in [-0.2, 0) is 13.6 Å². The molecule has 0 aliphatic carbocycles. The maximum atomic E-state index is 4.36. The van der Waals surface area contributed by atoms with Gasteiger partial charge in [-0.2, -0.15) is 5.10 Å². The highest BCUT2D eigenvalue weighted by molar-refractivity contribution is 9.10. The topological polar surface area (TPSA) is 29.9 Å². The number of nitrogens with zero attached hydrogens (tertiary/aromatic N) is 2. The number of rotatable bonds is 3. The first-order valence-electron chi connectivity index (χ1n) is 5.25. The molecule has 0 radical (unpaired) electrons. The standard InChI is InChI=1S/C12H13Br2N3/c1-8-12(14)11(17(2)16-8)7-15-10-5-3-4-9(13)6-10/h3-6,15H,7H2,1-2H3. The van der Waals surface area contributed by atoms with E-state index in [0.29, 0.717) is 0 Å². The van der Waals surface area contributed by atoms with Crippen LogP contribution >= 0.6 is 31.9 Å². The molecule has 2 rings (SSSR count). The van der Waals surface area contributed by atoms with Crippen molar-refractivity contribution in [3.8, 4) is 0 Å². The van der Waals surface area contributed by atoms with Gasteiger partial charge in [0.05, 0.1) is 22.4 Å². The smallest absolute Gasteiger partial charge is 0.0739 e. The predicted molar refractivity (Wildman–Crippen MR) is 77.1 cm³/mol. The van der Waals surface area contributed by atoms with E-state index >= 15 is 0 Å². The molecule has 0 saturated carbocycles. The van der Waals surface area contributed by atoms with Crippen LogP contribution < -0.4 is 5.32 Å². The lowest BCUT2D eigenvalue weighted by Crippen LogP contribution is -2.05. The molecule has 2 aromatic rings. The van der Waals surface area contributed by atoms with E-state index in [2.05, 4.69) is 48.3 Å². The Morgan fingerprint density at radius 1 is 1.35 bits per heavy atom. The van der Waals surface area contributed by atoms with Crippen LogP contribution in [0.3, 0.4) is 0 Å². The van der Waals surface area contributed by atoms with Crippen LogP contribution in [0, 0.1) is 6.92 Å². The van der Waals surface area contributed by atoms with E-state index in [4.69, 9.17) is 0 Å². The third-order valence-corrected chi connectivity index (χ3v) is 4.07.